The van der Waals surface area contributed by atoms with Gasteiger partial charge < -0.3 is 19.9 Å². The van der Waals surface area contributed by atoms with Crippen molar-refractivity contribution in [1.82, 2.24) is 5.32 Å². The van der Waals surface area contributed by atoms with E-state index >= 15 is 0 Å². The van der Waals surface area contributed by atoms with Gasteiger partial charge in [0.25, 0.3) is 0 Å². The quantitative estimate of drug-likeness (QED) is 0.595. The van der Waals surface area contributed by atoms with Gasteiger partial charge in [-0.2, -0.15) is 0 Å². The lowest BCUT2D eigenvalue weighted by Gasteiger charge is -2.13. The third-order valence-electron chi connectivity index (χ3n) is 1.74. The average Bonchev–Trinajstić information content (AvgIpc) is 2.16. The summed E-state index contributed by atoms with van der Waals surface area (Å²) in [5.41, 5.74) is 0. The van der Waals surface area contributed by atoms with E-state index in [0.717, 1.165) is 0 Å². The van der Waals surface area contributed by atoms with Gasteiger partial charge in [0.1, 0.15) is 6.10 Å². The number of carboxylic acids is 1. The highest BCUT2D eigenvalue weighted by molar-refractivity contribution is 5.81. The zero-order valence-electron chi connectivity index (χ0n) is 8.44. The minimum Gasteiger partial charge on any atom is -0.479 e. The summed E-state index contributed by atoms with van der Waals surface area (Å²) in [4.78, 5) is 21.6. The first-order valence-electron chi connectivity index (χ1n) is 4.09. The minimum atomic E-state index is -1.11. The first kappa shape index (κ1) is 12.9. The minimum absolute atomic E-state index is 0.0711. The number of carboxylic acid groups (broad SMARTS) is 1. The molecule has 0 aliphatic heterocycles. The van der Waals surface area contributed by atoms with Crippen LogP contribution in [0, 0.1) is 0 Å². The molecule has 0 spiro atoms. The number of carbonyl (C=O) groups is 2. The number of hydrogen-bond acceptors (Lipinski definition) is 4. The van der Waals surface area contributed by atoms with E-state index < -0.39 is 18.2 Å². The van der Waals surface area contributed by atoms with Crippen molar-refractivity contribution in [1.29, 1.82) is 0 Å². The van der Waals surface area contributed by atoms with Crippen molar-refractivity contribution < 1.29 is 24.2 Å². The predicted octanol–water partition coefficient (Wildman–Crippen LogP) is -0.763. The number of hydrogen-bond donors (Lipinski definition) is 2. The number of nitrogens with one attached hydrogen (secondary N) is 1. The molecular formula is C8H15NO5. The summed E-state index contributed by atoms with van der Waals surface area (Å²) in [6.07, 6.45) is -1.62. The number of ether oxygens (including phenoxy) is 2. The molecule has 0 aromatic rings. The molecule has 0 saturated carbocycles. The Morgan fingerprint density at radius 3 is 2.29 bits per heavy atom. The zero-order chi connectivity index (χ0) is 11.1. The molecule has 0 fully saturated rings. The van der Waals surface area contributed by atoms with E-state index in [2.05, 4.69) is 10.1 Å². The fourth-order valence-electron chi connectivity index (χ4n) is 0.716. The summed E-state index contributed by atoms with van der Waals surface area (Å²) in [6.45, 7) is 1.50. The second-order valence-corrected chi connectivity index (χ2v) is 2.69. The highest BCUT2D eigenvalue weighted by atomic mass is 16.5. The molecule has 14 heavy (non-hydrogen) atoms. The Hall–Kier alpha value is -1.14. The van der Waals surface area contributed by atoms with E-state index in [-0.39, 0.29) is 12.5 Å². The van der Waals surface area contributed by atoms with Gasteiger partial charge >= 0.3 is 5.97 Å². The lowest BCUT2D eigenvalue weighted by atomic mass is 10.3. The number of rotatable bonds is 6. The van der Waals surface area contributed by atoms with Crippen molar-refractivity contribution in [2.24, 2.45) is 0 Å². The SMILES string of the molecule is COC(C)C(=O)NCC(OC)C(=O)O. The standard InChI is InChI=1S/C8H15NO5/c1-5(13-2)7(10)9-4-6(14-3)8(11)12/h5-6H,4H2,1-3H3,(H,9,10)(H,11,12). The van der Waals surface area contributed by atoms with Crippen molar-refractivity contribution in [3.05, 3.63) is 0 Å². The molecule has 0 bridgehead atoms. The summed E-state index contributed by atoms with van der Waals surface area (Å²) >= 11 is 0. The maximum absolute atomic E-state index is 11.1. The molecule has 0 radical (unpaired) electrons. The van der Waals surface area contributed by atoms with Gasteiger partial charge in [-0.15, -0.1) is 0 Å². The smallest absolute Gasteiger partial charge is 0.334 e. The van der Waals surface area contributed by atoms with E-state index in [4.69, 9.17) is 9.84 Å². The Morgan fingerprint density at radius 2 is 1.93 bits per heavy atom. The molecule has 0 aliphatic rings. The maximum atomic E-state index is 11.1. The van der Waals surface area contributed by atoms with Crippen LogP contribution >= 0.6 is 0 Å². The molecule has 1 amide bonds. The summed E-state index contributed by atoms with van der Waals surface area (Å²) in [5, 5.41) is 11.0. The first-order valence-corrected chi connectivity index (χ1v) is 4.09. The number of amides is 1. The molecule has 82 valence electrons. The fourth-order valence-corrected chi connectivity index (χ4v) is 0.716. The van der Waals surface area contributed by atoms with E-state index in [1.165, 1.54) is 14.2 Å². The lowest BCUT2D eigenvalue weighted by Crippen LogP contribution is -2.41. The van der Waals surface area contributed by atoms with Crippen LogP contribution in [0.25, 0.3) is 0 Å². The van der Waals surface area contributed by atoms with Crippen molar-refractivity contribution in [2.45, 2.75) is 19.1 Å². The molecule has 0 aromatic carbocycles. The van der Waals surface area contributed by atoms with Crippen LogP contribution in [-0.4, -0.2) is 50.0 Å². The van der Waals surface area contributed by atoms with Gasteiger partial charge in [-0.3, -0.25) is 4.79 Å². The molecule has 2 atom stereocenters. The topological polar surface area (TPSA) is 84.9 Å². The van der Waals surface area contributed by atoms with Crippen LogP contribution < -0.4 is 5.32 Å². The Morgan fingerprint density at radius 1 is 1.36 bits per heavy atom. The van der Waals surface area contributed by atoms with Gasteiger partial charge in [-0.25, -0.2) is 4.79 Å². The Balaban J connectivity index is 3.91. The molecule has 2 N–H and O–H groups in total. The Labute approximate surface area is 82.2 Å². The van der Waals surface area contributed by atoms with Gasteiger partial charge in [0.05, 0.1) is 6.54 Å². The largest absolute Gasteiger partial charge is 0.479 e. The molecule has 0 heterocycles. The van der Waals surface area contributed by atoms with Gasteiger partial charge in [-0.1, -0.05) is 0 Å². The van der Waals surface area contributed by atoms with Crippen molar-refractivity contribution >= 4 is 11.9 Å². The molecule has 0 aliphatic carbocycles. The second kappa shape index (κ2) is 6.33. The van der Waals surface area contributed by atoms with Crippen molar-refractivity contribution in [3.8, 4) is 0 Å². The monoisotopic (exact) mass is 205 g/mol. The molecule has 6 heteroatoms. The number of carbonyl (C=O) groups excluding carboxylic acids is 1. The van der Waals surface area contributed by atoms with Gasteiger partial charge in [-0.05, 0) is 6.92 Å². The van der Waals surface area contributed by atoms with Crippen LogP contribution in [0.3, 0.4) is 0 Å². The highest BCUT2D eigenvalue weighted by Gasteiger charge is 2.19. The molecule has 2 unspecified atom stereocenters. The van der Waals surface area contributed by atoms with Crippen LogP contribution in [0.2, 0.25) is 0 Å². The normalized spacial score (nSPS) is 14.5. The van der Waals surface area contributed by atoms with Gasteiger partial charge in [0.2, 0.25) is 5.91 Å². The zero-order valence-corrected chi connectivity index (χ0v) is 8.44. The number of aliphatic carboxylic acids is 1. The second-order valence-electron chi connectivity index (χ2n) is 2.69. The van der Waals surface area contributed by atoms with Gasteiger partial charge in [0.15, 0.2) is 6.10 Å². The molecule has 0 aromatic heterocycles. The first-order chi connectivity index (χ1) is 6.52. The van der Waals surface area contributed by atoms with Crippen molar-refractivity contribution in [2.75, 3.05) is 20.8 Å². The third kappa shape index (κ3) is 4.20. The third-order valence-corrected chi connectivity index (χ3v) is 1.74. The highest BCUT2D eigenvalue weighted by Crippen LogP contribution is 1.91. The Bertz CT molecular complexity index is 206. The summed E-state index contributed by atoms with van der Waals surface area (Å²) in [7, 11) is 2.67. The van der Waals surface area contributed by atoms with Crippen LogP contribution in [0.15, 0.2) is 0 Å². The van der Waals surface area contributed by atoms with E-state index in [1.54, 1.807) is 6.92 Å². The van der Waals surface area contributed by atoms with E-state index in [0.29, 0.717) is 0 Å². The molecular weight excluding hydrogens is 190 g/mol. The van der Waals surface area contributed by atoms with Crippen LogP contribution in [0.4, 0.5) is 0 Å². The average molecular weight is 205 g/mol. The molecule has 6 nitrogen and oxygen atoms in total. The molecule has 0 saturated heterocycles. The predicted molar refractivity (Wildman–Crippen MR) is 47.9 cm³/mol. The van der Waals surface area contributed by atoms with Crippen LogP contribution in [0.1, 0.15) is 6.92 Å². The fraction of sp³-hybridized carbons (Fsp3) is 0.750. The van der Waals surface area contributed by atoms with E-state index in [9.17, 15) is 9.59 Å². The van der Waals surface area contributed by atoms with Gasteiger partial charge in [0, 0.05) is 14.2 Å². The lowest BCUT2D eigenvalue weighted by molar-refractivity contribution is -0.148. The van der Waals surface area contributed by atoms with Crippen molar-refractivity contribution in [3.63, 3.8) is 0 Å². The van der Waals surface area contributed by atoms with E-state index in [1.807, 2.05) is 0 Å². The maximum Gasteiger partial charge on any atom is 0.334 e. The Kier molecular flexibility index (Phi) is 5.82. The summed E-state index contributed by atoms with van der Waals surface area (Å²) < 4.78 is 9.36. The molecule has 0 rings (SSSR count). The summed E-state index contributed by atoms with van der Waals surface area (Å²) in [6, 6.07) is 0. The van der Waals surface area contributed by atoms with Crippen LogP contribution in [-0.2, 0) is 19.1 Å². The van der Waals surface area contributed by atoms with Crippen LogP contribution in [0.5, 0.6) is 0 Å². The number of methoxy groups -OCH3 is 2. The summed E-state index contributed by atoms with van der Waals surface area (Å²) in [5.74, 6) is -1.48.